The first-order valence-corrected chi connectivity index (χ1v) is 8.17. The second kappa shape index (κ2) is 5.24. The molecule has 0 saturated heterocycles. The van der Waals surface area contributed by atoms with Crippen LogP contribution in [0, 0.1) is 11.8 Å². The highest BCUT2D eigenvalue weighted by Crippen LogP contribution is 2.41. The lowest BCUT2D eigenvalue weighted by Crippen LogP contribution is -2.39. The minimum atomic E-state index is -3.86. The molecule has 4 atom stereocenters. The third kappa shape index (κ3) is 3.42. The van der Waals surface area contributed by atoms with Gasteiger partial charge in [-0.15, -0.1) is 0 Å². The van der Waals surface area contributed by atoms with Crippen LogP contribution in [0.2, 0.25) is 0 Å². The molecule has 4 unspecified atom stereocenters. The van der Waals surface area contributed by atoms with Gasteiger partial charge >= 0.3 is 0 Å². The number of rotatable bonds is 5. The highest BCUT2D eigenvalue weighted by Gasteiger charge is 2.35. The van der Waals surface area contributed by atoms with E-state index in [2.05, 4.69) is 5.32 Å². The summed E-state index contributed by atoms with van der Waals surface area (Å²) >= 11 is 0. The normalized spacial score (nSPS) is 34.8. The Hall–Kier alpha value is -0.130. The summed E-state index contributed by atoms with van der Waals surface area (Å²) in [4.78, 5) is 0. The van der Waals surface area contributed by atoms with Crippen molar-refractivity contribution in [3.05, 3.63) is 0 Å². The minimum absolute atomic E-state index is 0.492. The van der Waals surface area contributed by atoms with Gasteiger partial charge < -0.3 is 5.32 Å². The summed E-state index contributed by atoms with van der Waals surface area (Å²) in [5.41, 5.74) is 0. The molecule has 0 aromatic carbocycles. The molecule has 0 spiro atoms. The number of fused-ring (bicyclic) bond motifs is 2. The molecule has 0 aromatic heterocycles. The van der Waals surface area contributed by atoms with E-state index in [4.69, 9.17) is 4.55 Å². The standard InChI is InChI=1S/C12H23NO3S/c1-9(17(14,15)16)6-7-13-12-5-3-10-2-4-11(12)8-10/h9-13H,2-8H2,1H3,(H,14,15,16). The van der Waals surface area contributed by atoms with Crippen molar-refractivity contribution in [3.63, 3.8) is 0 Å². The average Bonchev–Trinajstić information content (AvgIpc) is 2.63. The molecule has 2 bridgehead atoms. The van der Waals surface area contributed by atoms with Crippen molar-refractivity contribution in [2.24, 2.45) is 11.8 Å². The Balaban J connectivity index is 1.72. The van der Waals surface area contributed by atoms with E-state index in [1.807, 2.05) is 0 Å². The molecule has 2 saturated carbocycles. The molecule has 0 radical (unpaired) electrons. The molecular weight excluding hydrogens is 238 g/mol. The van der Waals surface area contributed by atoms with Crippen molar-refractivity contribution in [1.82, 2.24) is 5.32 Å². The van der Waals surface area contributed by atoms with Gasteiger partial charge in [0.1, 0.15) is 0 Å². The number of hydrogen-bond acceptors (Lipinski definition) is 3. The monoisotopic (exact) mass is 261 g/mol. The zero-order valence-corrected chi connectivity index (χ0v) is 11.2. The number of hydrogen-bond donors (Lipinski definition) is 2. The van der Waals surface area contributed by atoms with E-state index in [0.717, 1.165) is 11.8 Å². The highest BCUT2D eigenvalue weighted by atomic mass is 32.2. The predicted octanol–water partition coefficient (Wildman–Crippen LogP) is 1.82. The van der Waals surface area contributed by atoms with Crippen LogP contribution in [0.25, 0.3) is 0 Å². The van der Waals surface area contributed by atoms with E-state index in [-0.39, 0.29) is 0 Å². The largest absolute Gasteiger partial charge is 0.314 e. The van der Waals surface area contributed by atoms with Gasteiger partial charge in [-0.05, 0) is 57.4 Å². The lowest BCUT2D eigenvalue weighted by Gasteiger charge is -2.30. The first kappa shape index (κ1) is 13.3. The van der Waals surface area contributed by atoms with Gasteiger partial charge in [0.15, 0.2) is 0 Å². The summed E-state index contributed by atoms with van der Waals surface area (Å²) in [7, 11) is -3.86. The van der Waals surface area contributed by atoms with Crippen LogP contribution in [0.4, 0.5) is 0 Å². The topological polar surface area (TPSA) is 66.4 Å². The van der Waals surface area contributed by atoms with E-state index < -0.39 is 15.4 Å². The third-order valence-corrected chi connectivity index (χ3v) is 5.76. The fourth-order valence-electron chi connectivity index (χ4n) is 3.28. The SMILES string of the molecule is CC(CCNC1CCC2CCC1C2)S(=O)(=O)O. The predicted molar refractivity (Wildman–Crippen MR) is 67.5 cm³/mol. The van der Waals surface area contributed by atoms with Crippen molar-refractivity contribution in [2.45, 2.75) is 56.7 Å². The Bertz CT molecular complexity index is 355. The van der Waals surface area contributed by atoms with Crippen molar-refractivity contribution in [1.29, 1.82) is 0 Å². The van der Waals surface area contributed by atoms with Gasteiger partial charge in [0.25, 0.3) is 10.1 Å². The van der Waals surface area contributed by atoms with Crippen molar-refractivity contribution in [2.75, 3.05) is 6.54 Å². The lowest BCUT2D eigenvalue weighted by molar-refractivity contribution is 0.269. The van der Waals surface area contributed by atoms with Crippen LogP contribution in [0.1, 0.15) is 45.4 Å². The summed E-state index contributed by atoms with van der Waals surface area (Å²) in [6, 6.07) is 0.572. The molecule has 17 heavy (non-hydrogen) atoms. The molecule has 2 aliphatic rings. The van der Waals surface area contributed by atoms with Crippen LogP contribution in [-0.2, 0) is 10.1 Å². The van der Waals surface area contributed by atoms with Crippen molar-refractivity contribution >= 4 is 10.1 Å². The van der Waals surface area contributed by atoms with Crippen LogP contribution >= 0.6 is 0 Å². The van der Waals surface area contributed by atoms with Gasteiger partial charge in [0.05, 0.1) is 5.25 Å². The Labute approximate surface area is 104 Å². The molecule has 2 aliphatic carbocycles. The summed E-state index contributed by atoms with van der Waals surface area (Å²) in [6.07, 6.45) is 7.11. The summed E-state index contributed by atoms with van der Waals surface area (Å²) in [5.74, 6) is 1.75. The van der Waals surface area contributed by atoms with Gasteiger partial charge in [0, 0.05) is 6.04 Å². The first-order chi connectivity index (χ1) is 7.97. The minimum Gasteiger partial charge on any atom is -0.314 e. The third-order valence-electron chi connectivity index (χ3n) is 4.50. The maximum atomic E-state index is 10.9. The highest BCUT2D eigenvalue weighted by molar-refractivity contribution is 7.86. The van der Waals surface area contributed by atoms with Crippen molar-refractivity contribution < 1.29 is 13.0 Å². The average molecular weight is 261 g/mol. The molecule has 2 fully saturated rings. The fraction of sp³-hybridized carbons (Fsp3) is 1.00. The Morgan fingerprint density at radius 3 is 2.71 bits per heavy atom. The molecule has 100 valence electrons. The van der Waals surface area contributed by atoms with Gasteiger partial charge in [-0.1, -0.05) is 6.42 Å². The van der Waals surface area contributed by atoms with Gasteiger partial charge in [-0.3, -0.25) is 4.55 Å². The quantitative estimate of drug-likeness (QED) is 0.741. The molecule has 0 aromatic rings. The Morgan fingerprint density at radius 2 is 2.00 bits per heavy atom. The Morgan fingerprint density at radius 1 is 1.29 bits per heavy atom. The summed E-state index contributed by atoms with van der Waals surface area (Å²) < 4.78 is 30.6. The van der Waals surface area contributed by atoms with E-state index in [1.165, 1.54) is 32.1 Å². The van der Waals surface area contributed by atoms with Gasteiger partial charge in [-0.2, -0.15) is 8.42 Å². The maximum absolute atomic E-state index is 10.9. The molecule has 0 aliphatic heterocycles. The molecular formula is C12H23NO3S. The van der Waals surface area contributed by atoms with Gasteiger partial charge in [-0.25, -0.2) is 0 Å². The number of nitrogens with one attached hydrogen (secondary N) is 1. The van der Waals surface area contributed by atoms with E-state index in [1.54, 1.807) is 6.92 Å². The maximum Gasteiger partial charge on any atom is 0.267 e. The van der Waals surface area contributed by atoms with E-state index in [9.17, 15) is 8.42 Å². The zero-order chi connectivity index (χ0) is 12.5. The lowest BCUT2D eigenvalue weighted by atomic mass is 9.85. The van der Waals surface area contributed by atoms with Crippen LogP contribution in [0.3, 0.4) is 0 Å². The molecule has 0 amide bonds. The molecule has 2 rings (SSSR count). The fourth-order valence-corrected chi connectivity index (χ4v) is 3.70. The molecule has 2 N–H and O–H groups in total. The van der Waals surface area contributed by atoms with Crippen LogP contribution < -0.4 is 5.32 Å². The summed E-state index contributed by atoms with van der Waals surface area (Å²) in [6.45, 7) is 2.25. The zero-order valence-electron chi connectivity index (χ0n) is 10.4. The second-order valence-electron chi connectivity index (χ2n) is 5.69. The van der Waals surface area contributed by atoms with Gasteiger partial charge in [0.2, 0.25) is 0 Å². The second-order valence-corrected chi connectivity index (χ2v) is 7.53. The molecule has 4 nitrogen and oxygen atoms in total. The van der Waals surface area contributed by atoms with Crippen LogP contribution in [0.15, 0.2) is 0 Å². The van der Waals surface area contributed by atoms with Crippen LogP contribution in [-0.4, -0.2) is 30.8 Å². The molecule has 0 heterocycles. The van der Waals surface area contributed by atoms with Crippen molar-refractivity contribution in [3.8, 4) is 0 Å². The molecule has 5 heteroatoms. The summed E-state index contributed by atoms with van der Waals surface area (Å²) in [5, 5.41) is 2.82. The van der Waals surface area contributed by atoms with E-state index in [0.29, 0.717) is 19.0 Å². The first-order valence-electron chi connectivity index (χ1n) is 6.66. The van der Waals surface area contributed by atoms with E-state index >= 15 is 0 Å². The smallest absolute Gasteiger partial charge is 0.267 e. The Kier molecular flexibility index (Phi) is 4.10. The van der Waals surface area contributed by atoms with Crippen LogP contribution in [0.5, 0.6) is 0 Å².